The molecule has 4 rings (SSSR count). The van der Waals surface area contributed by atoms with E-state index in [2.05, 4.69) is 15.4 Å². The standard InChI is InChI=1S/C21H22N4O3/c1-3-28-19(26)16-17(14-10-6-4-7-11-14)25-20(23-21(16,2)27)22-18(24-25)15-12-8-5-9-13-15/h4-13,16-17,27H,3H2,1-2H3,(H,22,23,24)/t16-,17+,21-/m0/s1. The number of nitrogens with zero attached hydrogens (tertiary/aromatic N) is 3. The molecule has 0 fully saturated rings. The number of carbonyl (C=O) groups excluding carboxylic acids is 1. The molecule has 1 aromatic heterocycles. The van der Waals surface area contributed by atoms with Gasteiger partial charge in [0, 0.05) is 5.56 Å². The number of aliphatic hydroxyl groups is 1. The third kappa shape index (κ3) is 3.14. The normalized spacial score (nSPS) is 23.5. The predicted molar refractivity (Wildman–Crippen MR) is 104 cm³/mol. The number of hydrogen-bond donors (Lipinski definition) is 2. The van der Waals surface area contributed by atoms with Gasteiger partial charge in [-0.15, -0.1) is 5.10 Å². The van der Waals surface area contributed by atoms with E-state index in [-0.39, 0.29) is 6.61 Å². The second-order valence-electron chi connectivity index (χ2n) is 6.93. The highest BCUT2D eigenvalue weighted by atomic mass is 16.5. The number of aromatic nitrogens is 3. The minimum absolute atomic E-state index is 0.229. The molecule has 0 spiro atoms. The first-order chi connectivity index (χ1) is 13.5. The topological polar surface area (TPSA) is 89.3 Å². The maximum absolute atomic E-state index is 12.8. The third-order valence-electron chi connectivity index (χ3n) is 4.89. The van der Waals surface area contributed by atoms with Gasteiger partial charge in [-0.1, -0.05) is 60.7 Å². The Morgan fingerprint density at radius 1 is 1.18 bits per heavy atom. The van der Waals surface area contributed by atoms with Crippen molar-refractivity contribution in [2.24, 2.45) is 5.92 Å². The number of esters is 1. The van der Waals surface area contributed by atoms with Crippen LogP contribution in [0.2, 0.25) is 0 Å². The fourth-order valence-electron chi connectivity index (χ4n) is 3.64. The van der Waals surface area contributed by atoms with E-state index >= 15 is 0 Å². The number of ether oxygens (including phenoxy) is 1. The van der Waals surface area contributed by atoms with Crippen LogP contribution in [0.5, 0.6) is 0 Å². The summed E-state index contributed by atoms with van der Waals surface area (Å²) in [5.74, 6) is -0.466. The van der Waals surface area contributed by atoms with E-state index in [1.165, 1.54) is 0 Å². The van der Waals surface area contributed by atoms with Gasteiger partial charge in [-0.2, -0.15) is 4.98 Å². The van der Waals surface area contributed by atoms with Crippen LogP contribution in [0.1, 0.15) is 25.5 Å². The Hall–Kier alpha value is -3.19. The van der Waals surface area contributed by atoms with Crippen LogP contribution in [0.15, 0.2) is 60.7 Å². The lowest BCUT2D eigenvalue weighted by Gasteiger charge is -2.41. The van der Waals surface area contributed by atoms with Crippen LogP contribution in [0.25, 0.3) is 11.4 Å². The van der Waals surface area contributed by atoms with Crippen molar-refractivity contribution in [3.63, 3.8) is 0 Å². The van der Waals surface area contributed by atoms with E-state index in [1.54, 1.807) is 18.5 Å². The first kappa shape index (κ1) is 18.2. The van der Waals surface area contributed by atoms with Crippen molar-refractivity contribution in [2.75, 3.05) is 11.9 Å². The summed E-state index contributed by atoms with van der Waals surface area (Å²) in [6, 6.07) is 18.5. The van der Waals surface area contributed by atoms with Gasteiger partial charge >= 0.3 is 5.97 Å². The quantitative estimate of drug-likeness (QED) is 0.679. The lowest BCUT2D eigenvalue weighted by atomic mass is 9.83. The molecule has 3 atom stereocenters. The molecule has 1 aliphatic heterocycles. The average Bonchev–Trinajstić information content (AvgIpc) is 3.10. The smallest absolute Gasteiger partial charge is 0.316 e. The van der Waals surface area contributed by atoms with Crippen molar-refractivity contribution >= 4 is 11.9 Å². The molecule has 0 unspecified atom stereocenters. The molecule has 0 radical (unpaired) electrons. The fourth-order valence-corrected chi connectivity index (χ4v) is 3.64. The minimum Gasteiger partial charge on any atom is -0.466 e. The number of benzene rings is 2. The Morgan fingerprint density at radius 3 is 2.46 bits per heavy atom. The van der Waals surface area contributed by atoms with E-state index in [0.29, 0.717) is 11.8 Å². The minimum atomic E-state index is -1.55. The van der Waals surface area contributed by atoms with E-state index in [1.807, 2.05) is 60.7 Å². The summed E-state index contributed by atoms with van der Waals surface area (Å²) < 4.78 is 6.94. The van der Waals surface area contributed by atoms with Crippen LogP contribution in [0, 0.1) is 5.92 Å². The third-order valence-corrected chi connectivity index (χ3v) is 4.89. The first-order valence-corrected chi connectivity index (χ1v) is 9.25. The van der Waals surface area contributed by atoms with Gasteiger partial charge in [-0.25, -0.2) is 4.68 Å². The van der Waals surface area contributed by atoms with E-state index in [9.17, 15) is 9.90 Å². The Labute approximate surface area is 163 Å². The lowest BCUT2D eigenvalue weighted by molar-refractivity contribution is -0.159. The zero-order chi connectivity index (χ0) is 19.7. The maximum atomic E-state index is 12.8. The molecule has 7 heteroatoms. The number of hydrogen-bond acceptors (Lipinski definition) is 6. The highest BCUT2D eigenvalue weighted by molar-refractivity contribution is 5.76. The summed E-state index contributed by atoms with van der Waals surface area (Å²) >= 11 is 0. The molecule has 2 N–H and O–H groups in total. The van der Waals surface area contributed by atoms with Crippen molar-refractivity contribution in [3.8, 4) is 11.4 Å². The Balaban J connectivity index is 1.88. The fraction of sp³-hybridized carbons (Fsp3) is 0.286. The van der Waals surface area contributed by atoms with Crippen molar-refractivity contribution in [3.05, 3.63) is 66.2 Å². The second-order valence-corrected chi connectivity index (χ2v) is 6.93. The van der Waals surface area contributed by atoms with Crippen LogP contribution in [-0.4, -0.2) is 38.2 Å². The van der Waals surface area contributed by atoms with Crippen LogP contribution in [-0.2, 0) is 9.53 Å². The zero-order valence-electron chi connectivity index (χ0n) is 15.7. The molecule has 0 aliphatic carbocycles. The predicted octanol–water partition coefficient (Wildman–Crippen LogP) is 2.85. The summed E-state index contributed by atoms with van der Waals surface area (Å²) in [5, 5.41) is 18.7. The number of carbonyl (C=O) groups is 1. The Bertz CT molecular complexity index is 970. The molecule has 7 nitrogen and oxygen atoms in total. The summed E-state index contributed by atoms with van der Waals surface area (Å²) in [7, 11) is 0. The van der Waals surface area contributed by atoms with Gasteiger partial charge in [0.25, 0.3) is 0 Å². The van der Waals surface area contributed by atoms with Gasteiger partial charge in [-0.3, -0.25) is 4.79 Å². The summed E-state index contributed by atoms with van der Waals surface area (Å²) in [6.45, 7) is 3.53. The molecule has 2 heterocycles. The van der Waals surface area contributed by atoms with Gasteiger partial charge in [0.15, 0.2) is 11.5 Å². The van der Waals surface area contributed by atoms with Gasteiger partial charge in [0.1, 0.15) is 5.92 Å². The monoisotopic (exact) mass is 378 g/mol. The van der Waals surface area contributed by atoms with E-state index in [4.69, 9.17) is 4.74 Å². The molecule has 144 valence electrons. The van der Waals surface area contributed by atoms with Crippen molar-refractivity contribution < 1.29 is 14.6 Å². The van der Waals surface area contributed by atoms with Gasteiger partial charge in [0.2, 0.25) is 5.95 Å². The van der Waals surface area contributed by atoms with Gasteiger partial charge in [-0.05, 0) is 19.4 Å². The van der Waals surface area contributed by atoms with Crippen molar-refractivity contribution in [1.82, 2.24) is 14.8 Å². The van der Waals surface area contributed by atoms with Crippen LogP contribution < -0.4 is 5.32 Å². The summed E-state index contributed by atoms with van der Waals surface area (Å²) in [6.07, 6.45) is 0. The molecule has 3 aromatic rings. The SMILES string of the molecule is CCOC(=O)[C@@H]1[C@@H](c2ccccc2)n2nc(-c3ccccc3)nc2N[C@@]1(C)O. The highest BCUT2D eigenvalue weighted by Crippen LogP contribution is 2.41. The number of nitrogens with one attached hydrogen (secondary N) is 1. The summed E-state index contributed by atoms with van der Waals surface area (Å²) in [4.78, 5) is 17.4. The lowest BCUT2D eigenvalue weighted by Crippen LogP contribution is -2.55. The van der Waals surface area contributed by atoms with Crippen LogP contribution >= 0.6 is 0 Å². The van der Waals surface area contributed by atoms with Gasteiger partial charge in [0.05, 0.1) is 12.6 Å². The largest absolute Gasteiger partial charge is 0.466 e. The molecular weight excluding hydrogens is 356 g/mol. The van der Waals surface area contributed by atoms with Crippen LogP contribution in [0.3, 0.4) is 0 Å². The molecule has 0 bridgehead atoms. The number of fused-ring (bicyclic) bond motifs is 1. The second kappa shape index (κ2) is 7.09. The Morgan fingerprint density at radius 2 is 1.82 bits per heavy atom. The molecule has 0 saturated carbocycles. The van der Waals surface area contributed by atoms with Gasteiger partial charge < -0.3 is 15.2 Å². The molecule has 28 heavy (non-hydrogen) atoms. The number of rotatable bonds is 4. The van der Waals surface area contributed by atoms with E-state index < -0.39 is 23.7 Å². The molecule has 1 aliphatic rings. The molecule has 0 saturated heterocycles. The molecule has 2 aromatic carbocycles. The molecule has 0 amide bonds. The Kier molecular flexibility index (Phi) is 4.60. The highest BCUT2D eigenvalue weighted by Gasteiger charge is 2.51. The molecular formula is C21H22N4O3. The average molecular weight is 378 g/mol. The van der Waals surface area contributed by atoms with E-state index in [0.717, 1.165) is 11.1 Å². The zero-order valence-corrected chi connectivity index (χ0v) is 15.7. The van der Waals surface area contributed by atoms with Crippen molar-refractivity contribution in [2.45, 2.75) is 25.6 Å². The van der Waals surface area contributed by atoms with Crippen LogP contribution in [0.4, 0.5) is 5.95 Å². The number of anilines is 1. The maximum Gasteiger partial charge on any atom is 0.316 e. The van der Waals surface area contributed by atoms with Crippen molar-refractivity contribution in [1.29, 1.82) is 0 Å². The summed E-state index contributed by atoms with van der Waals surface area (Å²) in [5.41, 5.74) is 0.141. The first-order valence-electron chi connectivity index (χ1n) is 9.25.